The molecule has 0 saturated carbocycles. The number of carbonyl (C=O) groups excluding carboxylic acids is 1. The van der Waals surface area contributed by atoms with E-state index in [9.17, 15) is 19.5 Å². The Hall–Kier alpha value is -2.50. The topological polar surface area (TPSA) is 95.7 Å². The summed E-state index contributed by atoms with van der Waals surface area (Å²) in [6.07, 6.45) is 11.6. The number of ketones is 1. The zero-order valence-corrected chi connectivity index (χ0v) is 20.4. The first-order valence-electron chi connectivity index (χ1n) is 11.5. The molecular formula is C25H34NO6P. The van der Waals surface area contributed by atoms with Crippen molar-refractivity contribution in [3.8, 4) is 5.75 Å². The summed E-state index contributed by atoms with van der Waals surface area (Å²) in [5.74, 6) is 0.225. The van der Waals surface area contributed by atoms with E-state index >= 15 is 0 Å². The molecule has 0 saturated heterocycles. The number of benzene rings is 1. The monoisotopic (exact) mass is 475 g/mol. The number of non-ortho nitro benzene ring substituents is 1. The number of rotatable bonds is 15. The fourth-order valence-electron chi connectivity index (χ4n) is 3.72. The largest absolute Gasteiger partial charge is 0.424 e. The lowest BCUT2D eigenvalue weighted by molar-refractivity contribution is -0.384. The van der Waals surface area contributed by atoms with Crippen molar-refractivity contribution in [1.29, 1.82) is 0 Å². The molecule has 0 aromatic heterocycles. The van der Waals surface area contributed by atoms with Crippen LogP contribution in [-0.4, -0.2) is 23.0 Å². The Morgan fingerprint density at radius 1 is 1.18 bits per heavy atom. The fraction of sp³-hybridized carbons (Fsp3) is 0.480. The molecule has 7 nitrogen and oxygen atoms in total. The highest BCUT2D eigenvalue weighted by Gasteiger charge is 2.37. The first-order chi connectivity index (χ1) is 15.8. The molecule has 1 unspecified atom stereocenters. The molecule has 0 radical (unpaired) electrons. The van der Waals surface area contributed by atoms with Gasteiger partial charge in [0.2, 0.25) is 0 Å². The molecule has 0 N–H and O–H groups in total. The molecule has 0 fully saturated rings. The molecule has 0 spiro atoms. The van der Waals surface area contributed by atoms with Crippen LogP contribution >= 0.6 is 7.60 Å². The molecule has 1 aromatic carbocycles. The van der Waals surface area contributed by atoms with Crippen LogP contribution in [0.4, 0.5) is 5.69 Å². The minimum Gasteiger partial charge on any atom is -0.424 e. The lowest BCUT2D eigenvalue weighted by atomic mass is 10.1. The van der Waals surface area contributed by atoms with Gasteiger partial charge in [-0.05, 0) is 37.5 Å². The van der Waals surface area contributed by atoms with Crippen LogP contribution in [0.5, 0.6) is 5.75 Å². The van der Waals surface area contributed by atoms with Gasteiger partial charge in [0.1, 0.15) is 5.75 Å². The summed E-state index contributed by atoms with van der Waals surface area (Å²) in [5.41, 5.74) is 1.36. The second-order valence-electron chi connectivity index (χ2n) is 8.20. The van der Waals surface area contributed by atoms with Crippen molar-refractivity contribution in [3.63, 3.8) is 0 Å². The average Bonchev–Trinajstić information content (AvgIpc) is 3.03. The molecule has 2 rings (SSSR count). The summed E-state index contributed by atoms with van der Waals surface area (Å²) in [6, 6.07) is 5.45. The highest BCUT2D eigenvalue weighted by Crippen LogP contribution is 2.52. The van der Waals surface area contributed by atoms with E-state index in [0.717, 1.165) is 31.3 Å². The van der Waals surface area contributed by atoms with Crippen molar-refractivity contribution < 1.29 is 23.3 Å². The average molecular weight is 476 g/mol. The number of nitrogens with zero attached hydrogens (tertiary/aromatic N) is 1. The van der Waals surface area contributed by atoms with Crippen LogP contribution in [0.25, 0.3) is 0 Å². The number of Topliss-reactive ketones (excluding diaryl/α,β-unsaturated/α-hetero) is 1. The second kappa shape index (κ2) is 13.3. The van der Waals surface area contributed by atoms with Crippen molar-refractivity contribution in [2.24, 2.45) is 0 Å². The summed E-state index contributed by atoms with van der Waals surface area (Å²) in [7, 11) is -3.60. The van der Waals surface area contributed by atoms with Crippen molar-refractivity contribution in [1.82, 2.24) is 0 Å². The molecule has 180 valence electrons. The van der Waals surface area contributed by atoms with E-state index in [1.807, 2.05) is 13.0 Å². The van der Waals surface area contributed by atoms with Crippen molar-refractivity contribution in [3.05, 3.63) is 70.3 Å². The molecule has 8 heteroatoms. The number of hydrogen-bond acceptors (Lipinski definition) is 6. The van der Waals surface area contributed by atoms with Crippen LogP contribution in [0.15, 0.2) is 60.2 Å². The Morgan fingerprint density at radius 2 is 1.85 bits per heavy atom. The van der Waals surface area contributed by atoms with E-state index in [-0.39, 0.29) is 29.8 Å². The Kier molecular flexibility index (Phi) is 10.8. The third kappa shape index (κ3) is 8.41. The highest BCUT2D eigenvalue weighted by atomic mass is 31.2. The van der Waals surface area contributed by atoms with Crippen LogP contribution in [0.2, 0.25) is 0 Å². The standard InChI is InChI=1S/C25H34NO6P/c1-4-6-8-9-10-12-18-33(30,31-22-16-14-21(15-17-22)26(28)29)32-25-19-24(27)23(20(25)3)13-11-7-5-2/h5,7,11,14-17,25H,2,4,6,8-10,12-13,18-19H2,1,3H3/b11-7-/t25-,33?/m0/s1. The first kappa shape index (κ1) is 26.7. The predicted molar refractivity (Wildman–Crippen MR) is 131 cm³/mol. The maximum Gasteiger partial charge on any atom is 0.379 e. The second-order valence-corrected chi connectivity index (χ2v) is 10.3. The van der Waals surface area contributed by atoms with Gasteiger partial charge in [0.05, 0.1) is 17.2 Å². The number of nitro benzene ring substituents is 1. The Morgan fingerprint density at radius 3 is 2.48 bits per heavy atom. The van der Waals surface area contributed by atoms with E-state index in [2.05, 4.69) is 13.5 Å². The molecule has 0 heterocycles. The zero-order valence-electron chi connectivity index (χ0n) is 19.5. The SMILES string of the molecule is C=C/C=C\CC1=C(C)[C@@H](OP(=O)(CCCCCCCC)Oc2ccc([N+](=O)[O-])cc2)CC1=O. The number of nitro groups is 1. The first-order valence-corrected chi connectivity index (χ1v) is 13.2. The summed E-state index contributed by atoms with van der Waals surface area (Å²) < 4.78 is 25.5. The van der Waals surface area contributed by atoms with Gasteiger partial charge in [-0.1, -0.05) is 63.8 Å². The number of unbranched alkanes of at least 4 members (excludes halogenated alkanes) is 5. The fourth-order valence-corrected chi connectivity index (χ4v) is 5.63. The zero-order chi connectivity index (χ0) is 24.3. The van der Waals surface area contributed by atoms with Crippen molar-refractivity contribution >= 4 is 19.1 Å². The van der Waals surface area contributed by atoms with Gasteiger partial charge in [-0.25, -0.2) is 4.57 Å². The molecule has 0 aliphatic heterocycles. The molecule has 1 aromatic rings. The van der Waals surface area contributed by atoms with Gasteiger partial charge in [0, 0.05) is 24.1 Å². The predicted octanol–water partition coefficient (Wildman–Crippen LogP) is 7.33. The number of allylic oxidation sites excluding steroid dienone is 4. The third-order valence-corrected chi connectivity index (χ3v) is 7.55. The summed E-state index contributed by atoms with van der Waals surface area (Å²) in [6.45, 7) is 7.61. The minimum atomic E-state index is -3.60. The van der Waals surface area contributed by atoms with E-state index in [1.54, 1.807) is 12.2 Å². The molecule has 33 heavy (non-hydrogen) atoms. The van der Waals surface area contributed by atoms with Gasteiger partial charge in [-0.15, -0.1) is 0 Å². The summed E-state index contributed by atoms with van der Waals surface area (Å²) in [5, 5.41) is 10.9. The van der Waals surface area contributed by atoms with Crippen molar-refractivity contribution in [2.45, 2.75) is 71.3 Å². The number of carbonyl (C=O) groups is 1. The molecule has 1 aliphatic rings. The van der Waals surface area contributed by atoms with Gasteiger partial charge >= 0.3 is 7.60 Å². The smallest absolute Gasteiger partial charge is 0.379 e. The molecule has 0 bridgehead atoms. The summed E-state index contributed by atoms with van der Waals surface area (Å²) >= 11 is 0. The van der Waals surface area contributed by atoms with E-state index in [0.29, 0.717) is 18.4 Å². The van der Waals surface area contributed by atoms with Crippen LogP contribution in [0.1, 0.15) is 65.2 Å². The minimum absolute atomic E-state index is 0.0207. The third-order valence-electron chi connectivity index (χ3n) is 5.63. The van der Waals surface area contributed by atoms with Gasteiger partial charge in [0.25, 0.3) is 5.69 Å². The maximum atomic E-state index is 13.7. The quantitative estimate of drug-likeness (QED) is 0.0866. The number of hydrogen-bond donors (Lipinski definition) is 0. The van der Waals surface area contributed by atoms with Crippen molar-refractivity contribution in [2.75, 3.05) is 6.16 Å². The lowest BCUT2D eigenvalue weighted by Crippen LogP contribution is -2.14. The molecule has 0 amide bonds. The van der Waals surface area contributed by atoms with E-state index in [1.165, 1.54) is 30.7 Å². The van der Waals surface area contributed by atoms with Crippen LogP contribution in [0.3, 0.4) is 0 Å². The summed E-state index contributed by atoms with van der Waals surface area (Å²) in [4.78, 5) is 22.9. The maximum absolute atomic E-state index is 13.7. The van der Waals surface area contributed by atoms with Gasteiger partial charge in [0.15, 0.2) is 5.78 Å². The van der Waals surface area contributed by atoms with Crippen LogP contribution < -0.4 is 4.52 Å². The van der Waals surface area contributed by atoms with Gasteiger partial charge in [-0.3, -0.25) is 19.4 Å². The van der Waals surface area contributed by atoms with E-state index < -0.39 is 18.6 Å². The van der Waals surface area contributed by atoms with Gasteiger partial charge in [-0.2, -0.15) is 0 Å². The Labute approximate surface area is 196 Å². The van der Waals surface area contributed by atoms with Crippen LogP contribution in [-0.2, 0) is 13.9 Å². The van der Waals surface area contributed by atoms with Crippen LogP contribution in [0, 0.1) is 10.1 Å². The Balaban J connectivity index is 2.14. The van der Waals surface area contributed by atoms with E-state index in [4.69, 9.17) is 9.05 Å². The lowest BCUT2D eigenvalue weighted by Gasteiger charge is -2.23. The molecular weight excluding hydrogens is 441 g/mol. The molecule has 1 aliphatic carbocycles. The normalized spacial score (nSPS) is 18.0. The highest BCUT2D eigenvalue weighted by molar-refractivity contribution is 7.54. The Bertz CT molecular complexity index is 935. The van der Waals surface area contributed by atoms with Gasteiger partial charge < -0.3 is 4.52 Å². The molecule has 2 atom stereocenters.